The molecule has 0 atom stereocenters. The largest absolute Gasteiger partial charge is 0.390 e. The predicted molar refractivity (Wildman–Crippen MR) is 49.4 cm³/mol. The van der Waals surface area contributed by atoms with E-state index in [0.29, 0.717) is 0 Å². The number of hydroxylamine groups is 1. The Labute approximate surface area is 76.7 Å². The molecule has 1 aliphatic heterocycles. The smallest absolute Gasteiger partial charge is 0.119 e. The quantitative estimate of drug-likeness (QED) is 0.738. The molecule has 3 heteroatoms. The lowest BCUT2D eigenvalue weighted by Gasteiger charge is -2.11. The standard InChI is InChI=1S/C10H10N2O/c1-2-10(12-13-7-1)8-9-3-5-11-6-4-9/h1-7,12H,8H2. The Balaban J connectivity index is 2.06. The predicted octanol–water partition coefficient (Wildman–Crippen LogP) is 1.56. The summed E-state index contributed by atoms with van der Waals surface area (Å²) < 4.78 is 0. The second-order valence-electron chi connectivity index (χ2n) is 2.77. The fourth-order valence-corrected chi connectivity index (χ4v) is 1.15. The van der Waals surface area contributed by atoms with Crippen LogP contribution in [0.15, 0.2) is 48.6 Å². The van der Waals surface area contributed by atoms with Gasteiger partial charge in [-0.2, -0.15) is 0 Å². The summed E-state index contributed by atoms with van der Waals surface area (Å²) in [6.45, 7) is 0. The van der Waals surface area contributed by atoms with Gasteiger partial charge < -0.3 is 4.84 Å². The second-order valence-corrected chi connectivity index (χ2v) is 2.77. The van der Waals surface area contributed by atoms with Gasteiger partial charge in [0, 0.05) is 18.8 Å². The highest BCUT2D eigenvalue weighted by atomic mass is 16.6. The van der Waals surface area contributed by atoms with Gasteiger partial charge in [-0.15, -0.1) is 0 Å². The zero-order valence-corrected chi connectivity index (χ0v) is 7.10. The molecule has 1 aromatic heterocycles. The molecule has 1 aromatic rings. The van der Waals surface area contributed by atoms with Crippen LogP contribution in [-0.2, 0) is 11.3 Å². The summed E-state index contributed by atoms with van der Waals surface area (Å²) in [5.74, 6) is 0. The van der Waals surface area contributed by atoms with Gasteiger partial charge in [0.15, 0.2) is 0 Å². The van der Waals surface area contributed by atoms with E-state index in [1.54, 1.807) is 18.7 Å². The Bertz CT molecular complexity index is 330. The zero-order valence-electron chi connectivity index (χ0n) is 7.10. The van der Waals surface area contributed by atoms with Crippen LogP contribution in [-0.4, -0.2) is 4.98 Å². The fourth-order valence-electron chi connectivity index (χ4n) is 1.15. The van der Waals surface area contributed by atoms with Crippen molar-refractivity contribution in [1.82, 2.24) is 10.5 Å². The Morgan fingerprint density at radius 3 is 2.85 bits per heavy atom. The lowest BCUT2D eigenvalue weighted by Crippen LogP contribution is -2.14. The van der Waals surface area contributed by atoms with Crippen LogP contribution in [0.3, 0.4) is 0 Å². The van der Waals surface area contributed by atoms with Gasteiger partial charge in [-0.1, -0.05) is 0 Å². The van der Waals surface area contributed by atoms with Crippen molar-refractivity contribution in [2.24, 2.45) is 0 Å². The highest BCUT2D eigenvalue weighted by Crippen LogP contribution is 2.06. The molecular weight excluding hydrogens is 164 g/mol. The number of allylic oxidation sites excluding steroid dienone is 3. The summed E-state index contributed by atoms with van der Waals surface area (Å²) in [5.41, 5.74) is 5.09. The molecule has 3 nitrogen and oxygen atoms in total. The third kappa shape index (κ3) is 2.08. The molecule has 0 saturated carbocycles. The van der Waals surface area contributed by atoms with E-state index in [4.69, 9.17) is 4.84 Å². The van der Waals surface area contributed by atoms with Crippen LogP contribution < -0.4 is 5.48 Å². The van der Waals surface area contributed by atoms with Crippen molar-refractivity contribution in [2.45, 2.75) is 6.42 Å². The van der Waals surface area contributed by atoms with E-state index in [9.17, 15) is 0 Å². The molecule has 0 radical (unpaired) electrons. The van der Waals surface area contributed by atoms with E-state index in [2.05, 4.69) is 10.5 Å². The maximum atomic E-state index is 4.94. The first-order valence-corrected chi connectivity index (χ1v) is 4.11. The average Bonchev–Trinajstić information content (AvgIpc) is 2.21. The van der Waals surface area contributed by atoms with Gasteiger partial charge in [0.05, 0.1) is 5.70 Å². The first-order valence-electron chi connectivity index (χ1n) is 4.11. The van der Waals surface area contributed by atoms with Crippen molar-refractivity contribution in [1.29, 1.82) is 0 Å². The highest BCUT2D eigenvalue weighted by molar-refractivity contribution is 5.21. The minimum atomic E-state index is 0.840. The van der Waals surface area contributed by atoms with Crippen LogP contribution in [0.4, 0.5) is 0 Å². The van der Waals surface area contributed by atoms with Crippen LogP contribution in [0.5, 0.6) is 0 Å². The van der Waals surface area contributed by atoms with Gasteiger partial charge in [0.1, 0.15) is 6.26 Å². The summed E-state index contributed by atoms with van der Waals surface area (Å²) in [5, 5.41) is 0. The van der Waals surface area contributed by atoms with Crippen LogP contribution in [0.25, 0.3) is 0 Å². The third-order valence-corrected chi connectivity index (χ3v) is 1.78. The first-order chi connectivity index (χ1) is 6.45. The molecule has 1 N–H and O–H groups in total. The van der Waals surface area contributed by atoms with Gasteiger partial charge in [-0.3, -0.25) is 4.98 Å². The van der Waals surface area contributed by atoms with Crippen LogP contribution >= 0.6 is 0 Å². The summed E-state index contributed by atoms with van der Waals surface area (Å²) >= 11 is 0. The molecule has 2 rings (SSSR count). The minimum absolute atomic E-state index is 0.840. The summed E-state index contributed by atoms with van der Waals surface area (Å²) in [7, 11) is 0. The highest BCUT2D eigenvalue weighted by Gasteiger charge is 2.00. The third-order valence-electron chi connectivity index (χ3n) is 1.78. The lowest BCUT2D eigenvalue weighted by atomic mass is 10.1. The molecule has 0 bridgehead atoms. The minimum Gasteiger partial charge on any atom is -0.390 e. The van der Waals surface area contributed by atoms with E-state index >= 15 is 0 Å². The Morgan fingerprint density at radius 1 is 1.31 bits per heavy atom. The second kappa shape index (κ2) is 3.76. The molecule has 0 amide bonds. The van der Waals surface area contributed by atoms with Crippen molar-refractivity contribution in [2.75, 3.05) is 0 Å². The van der Waals surface area contributed by atoms with Crippen LogP contribution in [0, 0.1) is 0 Å². The molecule has 13 heavy (non-hydrogen) atoms. The van der Waals surface area contributed by atoms with Gasteiger partial charge in [-0.25, -0.2) is 5.48 Å². The van der Waals surface area contributed by atoms with E-state index in [1.807, 2.05) is 24.3 Å². The average molecular weight is 174 g/mol. The summed E-state index contributed by atoms with van der Waals surface area (Å²) in [6, 6.07) is 3.97. The van der Waals surface area contributed by atoms with Gasteiger partial charge in [0.2, 0.25) is 0 Å². The molecule has 1 aliphatic rings. The molecule has 0 aliphatic carbocycles. The molecule has 0 aromatic carbocycles. The molecule has 2 heterocycles. The fraction of sp³-hybridized carbons (Fsp3) is 0.100. The molecule has 0 saturated heterocycles. The Hall–Kier alpha value is -1.77. The maximum absolute atomic E-state index is 4.94. The number of rotatable bonds is 2. The number of aromatic nitrogens is 1. The first kappa shape index (κ1) is 7.86. The van der Waals surface area contributed by atoms with E-state index in [1.165, 1.54) is 5.56 Å². The van der Waals surface area contributed by atoms with Gasteiger partial charge in [-0.05, 0) is 29.8 Å². The van der Waals surface area contributed by atoms with E-state index in [0.717, 1.165) is 12.1 Å². The van der Waals surface area contributed by atoms with Crippen LogP contribution in [0.2, 0.25) is 0 Å². The Morgan fingerprint density at radius 2 is 2.15 bits per heavy atom. The zero-order chi connectivity index (χ0) is 8.93. The molecular formula is C10H10N2O. The molecule has 0 fully saturated rings. The monoisotopic (exact) mass is 174 g/mol. The van der Waals surface area contributed by atoms with Gasteiger partial charge in [0.25, 0.3) is 0 Å². The molecule has 66 valence electrons. The lowest BCUT2D eigenvalue weighted by molar-refractivity contribution is 0.157. The van der Waals surface area contributed by atoms with Crippen LogP contribution in [0.1, 0.15) is 5.56 Å². The number of nitrogens with one attached hydrogen (secondary N) is 1. The van der Waals surface area contributed by atoms with Crippen molar-refractivity contribution in [3.63, 3.8) is 0 Å². The van der Waals surface area contributed by atoms with E-state index < -0.39 is 0 Å². The van der Waals surface area contributed by atoms with Crippen molar-refractivity contribution in [3.05, 3.63) is 54.2 Å². The number of pyridine rings is 1. The van der Waals surface area contributed by atoms with E-state index in [-0.39, 0.29) is 0 Å². The maximum Gasteiger partial charge on any atom is 0.119 e. The SMILES string of the molecule is C1=CONC(Cc2ccncc2)=C1. The summed E-state index contributed by atoms with van der Waals surface area (Å²) in [4.78, 5) is 8.89. The normalized spacial score (nSPS) is 14.3. The molecule has 0 unspecified atom stereocenters. The number of hydrogen-bond donors (Lipinski definition) is 1. The Kier molecular flexibility index (Phi) is 2.27. The molecule has 0 spiro atoms. The van der Waals surface area contributed by atoms with Gasteiger partial charge >= 0.3 is 0 Å². The van der Waals surface area contributed by atoms with Crippen molar-refractivity contribution < 1.29 is 4.84 Å². The van der Waals surface area contributed by atoms with Crippen molar-refractivity contribution in [3.8, 4) is 0 Å². The van der Waals surface area contributed by atoms with Crippen molar-refractivity contribution >= 4 is 0 Å². The summed E-state index contributed by atoms with van der Waals surface area (Å²) in [6.07, 6.45) is 9.88. The topological polar surface area (TPSA) is 34.1 Å². The number of hydrogen-bond acceptors (Lipinski definition) is 3. The number of nitrogens with zero attached hydrogens (tertiary/aromatic N) is 1.